The van der Waals surface area contributed by atoms with Crippen LogP contribution in [-0.4, -0.2) is 21.5 Å². The summed E-state index contributed by atoms with van der Waals surface area (Å²) in [4.78, 5) is 2.33. The molecule has 1 aliphatic heterocycles. The molecule has 2 aromatic rings. The van der Waals surface area contributed by atoms with Crippen LogP contribution in [-0.2, 0) is 9.84 Å². The van der Waals surface area contributed by atoms with Gasteiger partial charge in [-0.2, -0.15) is 10.5 Å². The van der Waals surface area contributed by atoms with E-state index in [1.165, 1.54) is 6.07 Å². The number of hydrogen-bond acceptors (Lipinski definition) is 5. The molecule has 0 saturated heterocycles. The predicted octanol–water partition coefficient (Wildman–Crippen LogP) is 4.47. The second-order valence-electron chi connectivity index (χ2n) is 6.69. The predicted molar refractivity (Wildman–Crippen MR) is 114 cm³/mol. The van der Waals surface area contributed by atoms with Crippen LogP contribution in [0.25, 0.3) is 11.6 Å². The highest BCUT2D eigenvalue weighted by Gasteiger charge is 2.38. The van der Waals surface area contributed by atoms with Crippen LogP contribution < -0.4 is 4.90 Å². The van der Waals surface area contributed by atoms with Crippen LogP contribution >= 0.6 is 0 Å². The zero-order valence-electron chi connectivity index (χ0n) is 16.6. The number of allylic oxidation sites excluding steroid dienone is 2. The zero-order chi connectivity index (χ0) is 21.2. The Kier molecular flexibility index (Phi) is 5.59. The van der Waals surface area contributed by atoms with E-state index in [0.717, 1.165) is 29.9 Å². The summed E-state index contributed by atoms with van der Waals surface area (Å²) in [6, 6.07) is 16.0. The fourth-order valence-corrected chi connectivity index (χ4v) is 5.30. The lowest BCUT2D eigenvalue weighted by Crippen LogP contribution is -2.21. The highest BCUT2D eigenvalue weighted by Crippen LogP contribution is 2.45. The number of aryl methyl sites for hydroxylation is 1. The number of hydrogen-bond donors (Lipinski definition) is 0. The molecule has 0 bridgehead atoms. The minimum atomic E-state index is -3.82. The molecule has 0 spiro atoms. The topological polar surface area (TPSA) is 85.0 Å². The number of fused-ring (bicyclic) bond motifs is 1. The van der Waals surface area contributed by atoms with Crippen LogP contribution in [0.4, 0.5) is 5.69 Å². The van der Waals surface area contributed by atoms with Gasteiger partial charge in [0.15, 0.2) is 0 Å². The van der Waals surface area contributed by atoms with Gasteiger partial charge in [-0.05, 0) is 56.2 Å². The normalized spacial score (nSPS) is 15.5. The number of nitrogens with zero attached hydrogens (tertiary/aromatic N) is 3. The summed E-state index contributed by atoms with van der Waals surface area (Å²) in [6.07, 6.45) is 1.57. The SMILES string of the molecule is CCN(CC)c1ccc(C=C2C(=C(C#N)C#N)c3ccccc3S2(=O)=O)c(C)c1. The van der Waals surface area contributed by atoms with E-state index in [9.17, 15) is 18.9 Å². The maximum Gasteiger partial charge on any atom is 0.207 e. The highest BCUT2D eigenvalue weighted by molar-refractivity contribution is 7.96. The molecule has 0 amide bonds. The molecule has 1 aliphatic rings. The van der Waals surface area contributed by atoms with Crippen LogP contribution in [0.5, 0.6) is 0 Å². The minimum absolute atomic E-state index is 0.00418. The molecule has 5 nitrogen and oxygen atoms in total. The maximum absolute atomic E-state index is 13.2. The molecule has 0 unspecified atom stereocenters. The molecule has 0 aromatic heterocycles. The van der Waals surface area contributed by atoms with Crippen LogP contribution in [0.3, 0.4) is 0 Å². The highest BCUT2D eigenvalue weighted by atomic mass is 32.2. The Balaban J connectivity index is 2.25. The third kappa shape index (κ3) is 3.44. The summed E-state index contributed by atoms with van der Waals surface area (Å²) < 4.78 is 26.4. The molecular formula is C23H21N3O2S. The van der Waals surface area contributed by atoms with Gasteiger partial charge in [0.2, 0.25) is 9.84 Å². The molecule has 29 heavy (non-hydrogen) atoms. The first-order valence-electron chi connectivity index (χ1n) is 9.35. The lowest BCUT2D eigenvalue weighted by molar-refractivity contribution is 0.604. The number of benzene rings is 2. The Morgan fingerprint density at radius 1 is 1.07 bits per heavy atom. The van der Waals surface area contributed by atoms with E-state index in [1.54, 1.807) is 24.3 Å². The first kappa shape index (κ1) is 20.4. The van der Waals surface area contributed by atoms with E-state index in [0.29, 0.717) is 5.56 Å². The largest absolute Gasteiger partial charge is 0.372 e. The van der Waals surface area contributed by atoms with Gasteiger partial charge in [-0.1, -0.05) is 24.3 Å². The Hall–Kier alpha value is -3.35. The van der Waals surface area contributed by atoms with E-state index in [1.807, 2.05) is 37.3 Å². The second-order valence-corrected chi connectivity index (χ2v) is 8.58. The van der Waals surface area contributed by atoms with E-state index in [4.69, 9.17) is 0 Å². The molecular weight excluding hydrogens is 382 g/mol. The van der Waals surface area contributed by atoms with Crippen molar-refractivity contribution >= 4 is 27.2 Å². The van der Waals surface area contributed by atoms with Crippen molar-refractivity contribution in [2.45, 2.75) is 25.7 Å². The summed E-state index contributed by atoms with van der Waals surface area (Å²) in [5.41, 5.74) is 3.09. The quantitative estimate of drug-likeness (QED) is 0.703. The van der Waals surface area contributed by atoms with E-state index >= 15 is 0 Å². The molecule has 0 atom stereocenters. The van der Waals surface area contributed by atoms with Crippen LogP contribution in [0.15, 0.2) is 57.8 Å². The Morgan fingerprint density at radius 3 is 2.31 bits per heavy atom. The first-order chi connectivity index (χ1) is 13.9. The van der Waals surface area contributed by atoms with Gasteiger partial charge in [-0.25, -0.2) is 8.42 Å². The smallest absolute Gasteiger partial charge is 0.207 e. The van der Waals surface area contributed by atoms with E-state index in [2.05, 4.69) is 18.7 Å². The summed E-state index contributed by atoms with van der Waals surface area (Å²) >= 11 is 0. The fourth-order valence-electron chi connectivity index (χ4n) is 3.59. The van der Waals surface area contributed by atoms with Gasteiger partial charge in [-0.15, -0.1) is 0 Å². The molecule has 0 N–H and O–H groups in total. The first-order valence-corrected chi connectivity index (χ1v) is 10.8. The molecule has 0 fully saturated rings. The summed E-state index contributed by atoms with van der Waals surface area (Å²) in [5.74, 6) is 0. The molecule has 146 valence electrons. The third-order valence-electron chi connectivity index (χ3n) is 5.12. The van der Waals surface area contributed by atoms with E-state index in [-0.39, 0.29) is 20.9 Å². The average Bonchev–Trinajstić information content (AvgIpc) is 2.93. The monoisotopic (exact) mass is 403 g/mol. The van der Waals surface area contributed by atoms with Gasteiger partial charge >= 0.3 is 0 Å². The van der Waals surface area contributed by atoms with Crippen molar-refractivity contribution in [3.05, 3.63) is 69.6 Å². The lowest BCUT2D eigenvalue weighted by atomic mass is 9.98. The lowest BCUT2D eigenvalue weighted by Gasteiger charge is -2.22. The van der Waals surface area contributed by atoms with Crippen molar-refractivity contribution in [1.29, 1.82) is 10.5 Å². The molecule has 0 aliphatic carbocycles. The average molecular weight is 404 g/mol. The van der Waals surface area contributed by atoms with Crippen LogP contribution in [0.1, 0.15) is 30.5 Å². The second kappa shape index (κ2) is 7.95. The Bertz CT molecular complexity index is 1210. The van der Waals surface area contributed by atoms with Crippen LogP contribution in [0.2, 0.25) is 0 Å². The maximum atomic E-state index is 13.2. The zero-order valence-corrected chi connectivity index (χ0v) is 17.4. The number of sulfone groups is 1. The van der Waals surface area contributed by atoms with Gasteiger partial charge in [0.1, 0.15) is 17.7 Å². The van der Waals surface area contributed by atoms with Gasteiger partial charge in [0.25, 0.3) is 0 Å². The Morgan fingerprint density at radius 2 is 1.72 bits per heavy atom. The summed E-state index contributed by atoms with van der Waals surface area (Å²) in [5, 5.41) is 18.8. The van der Waals surface area contributed by atoms with E-state index < -0.39 is 9.84 Å². The van der Waals surface area contributed by atoms with Crippen LogP contribution in [0, 0.1) is 29.6 Å². The number of nitriles is 2. The van der Waals surface area contributed by atoms with Gasteiger partial charge in [0.05, 0.1) is 9.80 Å². The third-order valence-corrected chi connectivity index (χ3v) is 6.96. The van der Waals surface area contributed by atoms with Crippen molar-refractivity contribution in [3.63, 3.8) is 0 Å². The van der Waals surface area contributed by atoms with Crippen molar-refractivity contribution < 1.29 is 8.42 Å². The minimum Gasteiger partial charge on any atom is -0.372 e. The summed E-state index contributed by atoms with van der Waals surface area (Å²) in [7, 11) is -3.82. The molecule has 3 rings (SSSR count). The van der Waals surface area contributed by atoms with Gasteiger partial charge < -0.3 is 4.90 Å². The fraction of sp³-hybridized carbons (Fsp3) is 0.217. The van der Waals surface area contributed by atoms with Crippen molar-refractivity contribution in [2.24, 2.45) is 0 Å². The van der Waals surface area contributed by atoms with Gasteiger partial charge in [0, 0.05) is 29.9 Å². The van der Waals surface area contributed by atoms with Crippen molar-refractivity contribution in [1.82, 2.24) is 0 Å². The molecule has 6 heteroatoms. The molecule has 0 radical (unpaired) electrons. The van der Waals surface area contributed by atoms with Gasteiger partial charge in [-0.3, -0.25) is 0 Å². The number of rotatable bonds is 4. The molecule has 0 saturated carbocycles. The van der Waals surface area contributed by atoms with Crippen molar-refractivity contribution in [3.8, 4) is 12.1 Å². The standard InChI is InChI=1S/C23H21N3O2S/c1-4-26(5-2)19-11-10-17(16(3)12-19)13-22-23(18(14-24)15-25)20-8-6-7-9-21(20)29(22,27)28/h6-13H,4-5H2,1-3H3. The summed E-state index contributed by atoms with van der Waals surface area (Å²) in [6.45, 7) is 7.84. The van der Waals surface area contributed by atoms with Crippen molar-refractivity contribution in [2.75, 3.05) is 18.0 Å². The molecule has 1 heterocycles. The number of anilines is 1. The molecule has 2 aromatic carbocycles. The Labute approximate surface area is 171 Å².